The minimum atomic E-state index is -0.833. The first-order valence-corrected chi connectivity index (χ1v) is 6.38. The largest absolute Gasteiger partial charge is 0.464 e. The van der Waals surface area contributed by atoms with Crippen LogP contribution in [0.5, 0.6) is 0 Å². The molecule has 0 radical (unpaired) electrons. The van der Waals surface area contributed by atoms with Gasteiger partial charge >= 0.3 is 17.8 Å². The Labute approximate surface area is 116 Å². The van der Waals surface area contributed by atoms with Crippen molar-refractivity contribution in [2.45, 2.75) is 19.9 Å². The zero-order valence-corrected chi connectivity index (χ0v) is 11.4. The Kier molecular flexibility index (Phi) is 4.02. The van der Waals surface area contributed by atoms with Crippen molar-refractivity contribution in [3.05, 3.63) is 29.8 Å². The number of nitrogens with zero attached hydrogens (tertiary/aromatic N) is 1. The predicted octanol–water partition coefficient (Wildman–Crippen LogP) is 0.390. The summed E-state index contributed by atoms with van der Waals surface area (Å²) < 4.78 is 4.88. The van der Waals surface area contributed by atoms with Crippen molar-refractivity contribution in [3.8, 4) is 0 Å². The number of amides is 2. The van der Waals surface area contributed by atoms with E-state index in [2.05, 4.69) is 5.32 Å². The van der Waals surface area contributed by atoms with Crippen molar-refractivity contribution in [1.29, 1.82) is 0 Å². The van der Waals surface area contributed by atoms with E-state index in [-0.39, 0.29) is 13.2 Å². The summed E-state index contributed by atoms with van der Waals surface area (Å²) in [5.74, 6) is -2.00. The molecule has 0 aliphatic carbocycles. The molecule has 0 spiro atoms. The monoisotopic (exact) mass is 276 g/mol. The summed E-state index contributed by atoms with van der Waals surface area (Å²) in [5.41, 5.74) is 1.56. The number of hydrogen-bond donors (Lipinski definition) is 1. The maximum Gasteiger partial charge on any atom is 0.330 e. The molecule has 1 aliphatic rings. The number of benzene rings is 1. The van der Waals surface area contributed by atoms with Crippen molar-refractivity contribution in [1.82, 2.24) is 5.32 Å². The maximum absolute atomic E-state index is 11.9. The van der Waals surface area contributed by atoms with Crippen molar-refractivity contribution in [2.24, 2.45) is 0 Å². The van der Waals surface area contributed by atoms with Crippen LogP contribution in [0.2, 0.25) is 0 Å². The molecule has 6 nitrogen and oxygen atoms in total. The Morgan fingerprint density at radius 3 is 2.85 bits per heavy atom. The minimum Gasteiger partial charge on any atom is -0.464 e. The van der Waals surface area contributed by atoms with E-state index in [0.717, 1.165) is 5.56 Å². The van der Waals surface area contributed by atoms with Crippen LogP contribution in [0.1, 0.15) is 12.5 Å². The van der Waals surface area contributed by atoms with E-state index in [9.17, 15) is 14.4 Å². The van der Waals surface area contributed by atoms with Crippen LogP contribution < -0.4 is 10.2 Å². The average molecular weight is 276 g/mol. The van der Waals surface area contributed by atoms with E-state index < -0.39 is 23.8 Å². The molecule has 1 atom stereocenters. The van der Waals surface area contributed by atoms with E-state index in [4.69, 9.17) is 4.74 Å². The minimum absolute atomic E-state index is 0.0762. The number of hydrogen-bond acceptors (Lipinski definition) is 4. The molecule has 1 fully saturated rings. The van der Waals surface area contributed by atoms with E-state index in [1.807, 2.05) is 13.0 Å². The molecule has 0 unspecified atom stereocenters. The molecular weight excluding hydrogens is 260 g/mol. The predicted molar refractivity (Wildman–Crippen MR) is 72.1 cm³/mol. The zero-order chi connectivity index (χ0) is 14.7. The van der Waals surface area contributed by atoms with Gasteiger partial charge in [-0.25, -0.2) is 4.79 Å². The summed E-state index contributed by atoms with van der Waals surface area (Å²) >= 11 is 0. The number of ether oxygens (including phenoxy) is 1. The lowest BCUT2D eigenvalue weighted by molar-refractivity contribution is -0.149. The van der Waals surface area contributed by atoms with E-state index in [0.29, 0.717) is 5.69 Å². The van der Waals surface area contributed by atoms with E-state index >= 15 is 0 Å². The number of anilines is 1. The van der Waals surface area contributed by atoms with Gasteiger partial charge < -0.3 is 15.0 Å². The first kappa shape index (κ1) is 14.0. The topological polar surface area (TPSA) is 75.7 Å². The fraction of sp³-hybridized carbons (Fsp3) is 0.357. The van der Waals surface area contributed by atoms with Crippen LogP contribution in [-0.4, -0.2) is 37.0 Å². The van der Waals surface area contributed by atoms with Gasteiger partial charge in [0.2, 0.25) is 0 Å². The van der Waals surface area contributed by atoms with Gasteiger partial charge in [0.15, 0.2) is 0 Å². The molecule has 106 valence electrons. The third-order valence-electron chi connectivity index (χ3n) is 2.99. The maximum atomic E-state index is 11.9. The molecule has 1 aromatic carbocycles. The van der Waals surface area contributed by atoms with Crippen molar-refractivity contribution in [3.63, 3.8) is 0 Å². The van der Waals surface area contributed by atoms with Gasteiger partial charge in [0.25, 0.3) is 0 Å². The van der Waals surface area contributed by atoms with Crippen LogP contribution in [0, 0.1) is 6.92 Å². The van der Waals surface area contributed by atoms with Crippen molar-refractivity contribution >= 4 is 23.5 Å². The molecule has 1 heterocycles. The third-order valence-corrected chi connectivity index (χ3v) is 2.99. The van der Waals surface area contributed by atoms with Crippen LogP contribution in [-0.2, 0) is 19.1 Å². The van der Waals surface area contributed by atoms with Gasteiger partial charge in [0, 0.05) is 5.69 Å². The second kappa shape index (κ2) is 5.73. The highest BCUT2D eigenvalue weighted by molar-refractivity contribution is 6.41. The summed E-state index contributed by atoms with van der Waals surface area (Å²) in [7, 11) is 0. The number of esters is 1. The highest BCUT2D eigenvalue weighted by atomic mass is 16.5. The number of aryl methyl sites for hydroxylation is 1. The molecule has 0 saturated carbocycles. The lowest BCUT2D eigenvalue weighted by Crippen LogP contribution is -2.60. The van der Waals surface area contributed by atoms with Gasteiger partial charge in [-0.3, -0.25) is 9.59 Å². The Morgan fingerprint density at radius 2 is 2.20 bits per heavy atom. The quantitative estimate of drug-likeness (QED) is 0.640. The molecule has 1 aromatic rings. The van der Waals surface area contributed by atoms with Crippen LogP contribution in [0.25, 0.3) is 0 Å². The van der Waals surface area contributed by atoms with Gasteiger partial charge in [-0.2, -0.15) is 0 Å². The Morgan fingerprint density at radius 1 is 1.45 bits per heavy atom. The lowest BCUT2D eigenvalue weighted by atomic mass is 10.1. The number of carbonyl (C=O) groups is 3. The normalized spacial score (nSPS) is 18.7. The second-order valence-electron chi connectivity index (χ2n) is 4.53. The standard InChI is InChI=1S/C14H16N2O4/c1-3-20-14(19)11-8-16(13(18)12(17)15-11)10-6-4-5-9(2)7-10/h4-7,11H,3,8H2,1-2H3,(H,15,17)/t11-/m1/s1. The van der Waals surface area contributed by atoms with Gasteiger partial charge in [-0.15, -0.1) is 0 Å². The van der Waals surface area contributed by atoms with Gasteiger partial charge in [-0.05, 0) is 31.5 Å². The third kappa shape index (κ3) is 2.79. The molecule has 20 heavy (non-hydrogen) atoms. The SMILES string of the molecule is CCOC(=O)[C@H]1CN(c2cccc(C)c2)C(=O)C(=O)N1. The Bertz CT molecular complexity index is 556. The summed E-state index contributed by atoms with van der Waals surface area (Å²) in [5, 5.41) is 2.36. The second-order valence-corrected chi connectivity index (χ2v) is 4.53. The summed E-state index contributed by atoms with van der Waals surface area (Å²) in [6.45, 7) is 3.88. The van der Waals surface area contributed by atoms with Crippen LogP contribution in [0.15, 0.2) is 24.3 Å². The molecule has 1 saturated heterocycles. The Hall–Kier alpha value is -2.37. The van der Waals surface area contributed by atoms with E-state index in [1.54, 1.807) is 25.1 Å². The molecule has 6 heteroatoms. The zero-order valence-electron chi connectivity index (χ0n) is 11.4. The fourth-order valence-electron chi connectivity index (χ4n) is 2.05. The summed E-state index contributed by atoms with van der Waals surface area (Å²) in [6, 6.07) is 6.37. The van der Waals surface area contributed by atoms with Crippen molar-refractivity contribution in [2.75, 3.05) is 18.1 Å². The Balaban J connectivity index is 2.25. The van der Waals surface area contributed by atoms with Gasteiger partial charge in [0.05, 0.1) is 13.2 Å². The smallest absolute Gasteiger partial charge is 0.330 e. The summed E-state index contributed by atoms with van der Waals surface area (Å²) in [4.78, 5) is 36.6. The number of nitrogens with one attached hydrogen (secondary N) is 1. The first-order chi connectivity index (χ1) is 9.52. The van der Waals surface area contributed by atoms with Crippen molar-refractivity contribution < 1.29 is 19.1 Å². The van der Waals surface area contributed by atoms with Gasteiger partial charge in [0.1, 0.15) is 6.04 Å². The molecule has 0 aromatic heterocycles. The number of rotatable bonds is 3. The molecular formula is C14H16N2O4. The summed E-state index contributed by atoms with van der Waals surface area (Å²) in [6.07, 6.45) is 0. The highest BCUT2D eigenvalue weighted by Crippen LogP contribution is 2.18. The first-order valence-electron chi connectivity index (χ1n) is 6.38. The fourth-order valence-corrected chi connectivity index (χ4v) is 2.05. The highest BCUT2D eigenvalue weighted by Gasteiger charge is 2.37. The van der Waals surface area contributed by atoms with Gasteiger partial charge in [-0.1, -0.05) is 12.1 Å². The molecule has 2 amide bonds. The number of carbonyl (C=O) groups excluding carboxylic acids is 3. The molecule has 0 bridgehead atoms. The van der Waals surface area contributed by atoms with E-state index in [1.165, 1.54) is 4.90 Å². The lowest BCUT2D eigenvalue weighted by Gasteiger charge is -2.31. The number of piperazine rings is 1. The molecule has 1 aliphatic heterocycles. The average Bonchev–Trinajstić information content (AvgIpc) is 2.42. The van der Waals surface area contributed by atoms with Crippen LogP contribution in [0.4, 0.5) is 5.69 Å². The van der Waals surface area contributed by atoms with Crippen LogP contribution >= 0.6 is 0 Å². The molecule has 2 rings (SSSR count). The molecule has 1 N–H and O–H groups in total. The van der Waals surface area contributed by atoms with Crippen LogP contribution in [0.3, 0.4) is 0 Å².